The second-order valence-electron chi connectivity index (χ2n) is 7.97. The van der Waals surface area contributed by atoms with Crippen LogP contribution in [0.25, 0.3) is 11.3 Å². The predicted molar refractivity (Wildman–Crippen MR) is 108 cm³/mol. The Labute approximate surface area is 170 Å². The zero-order valence-corrected chi connectivity index (χ0v) is 17.4. The monoisotopic (exact) mass is 403 g/mol. The van der Waals surface area contributed by atoms with Crippen LogP contribution >= 0.6 is 11.6 Å². The fourth-order valence-corrected chi connectivity index (χ4v) is 3.52. The molecule has 7 heteroatoms. The highest BCUT2D eigenvalue weighted by atomic mass is 35.5. The topological polar surface area (TPSA) is 75.6 Å². The Hall–Kier alpha value is -2.18. The van der Waals surface area contributed by atoms with Gasteiger partial charge >= 0.3 is 6.09 Å². The second kappa shape index (κ2) is 8.05. The van der Waals surface area contributed by atoms with Crippen LogP contribution in [0.3, 0.4) is 0 Å². The van der Waals surface area contributed by atoms with Crippen molar-refractivity contribution in [2.45, 2.75) is 58.3 Å². The maximum absolute atomic E-state index is 12.5. The zero-order chi connectivity index (χ0) is 20.5. The number of carbonyl (C=O) groups excluding carboxylic acids is 1. The standard InChI is InChI=1S/C21H26ClN3O3/c1-13-18(22)11-19(24-23-13)16-7-5-15(6-8-16)14(2)25-10-9-17(28-20(25)26)12-21(3,4)27/h5-8,11,14,17,27H,9-10,12H2,1-4H3. The van der Waals surface area contributed by atoms with Crippen LogP contribution in [0.4, 0.5) is 4.79 Å². The van der Waals surface area contributed by atoms with Gasteiger partial charge in [-0.2, -0.15) is 10.2 Å². The van der Waals surface area contributed by atoms with Crippen molar-refractivity contribution in [1.29, 1.82) is 0 Å². The molecule has 28 heavy (non-hydrogen) atoms. The first kappa shape index (κ1) is 20.6. The van der Waals surface area contributed by atoms with Gasteiger partial charge in [0.25, 0.3) is 0 Å². The number of carbonyl (C=O) groups is 1. The molecule has 1 saturated heterocycles. The molecule has 1 amide bonds. The molecule has 1 aromatic carbocycles. The van der Waals surface area contributed by atoms with E-state index in [1.165, 1.54) is 0 Å². The Bertz CT molecular complexity index is 849. The number of aliphatic hydroxyl groups is 1. The Kier molecular flexibility index (Phi) is 5.91. The summed E-state index contributed by atoms with van der Waals surface area (Å²) in [6.45, 7) is 7.84. The first-order valence-corrected chi connectivity index (χ1v) is 9.81. The number of hydrogen-bond acceptors (Lipinski definition) is 5. The van der Waals surface area contributed by atoms with Crippen LogP contribution in [0.15, 0.2) is 30.3 Å². The van der Waals surface area contributed by atoms with Crippen LogP contribution in [0.2, 0.25) is 5.02 Å². The lowest BCUT2D eigenvalue weighted by molar-refractivity contribution is -0.0309. The quantitative estimate of drug-likeness (QED) is 0.793. The van der Waals surface area contributed by atoms with Gasteiger partial charge in [0, 0.05) is 24.9 Å². The van der Waals surface area contributed by atoms with Gasteiger partial charge in [-0.25, -0.2) is 4.79 Å². The summed E-state index contributed by atoms with van der Waals surface area (Å²) < 4.78 is 5.53. The minimum Gasteiger partial charge on any atom is -0.446 e. The number of aromatic nitrogens is 2. The smallest absolute Gasteiger partial charge is 0.410 e. The minimum atomic E-state index is -0.851. The second-order valence-corrected chi connectivity index (χ2v) is 8.37. The van der Waals surface area contributed by atoms with Gasteiger partial charge in [0.2, 0.25) is 0 Å². The molecule has 1 aliphatic heterocycles. The summed E-state index contributed by atoms with van der Waals surface area (Å²) >= 11 is 6.14. The van der Waals surface area contributed by atoms with Crippen LogP contribution in [0, 0.1) is 6.92 Å². The van der Waals surface area contributed by atoms with Crippen molar-refractivity contribution in [3.05, 3.63) is 46.6 Å². The lowest BCUT2D eigenvalue weighted by atomic mass is 9.97. The molecular weight excluding hydrogens is 378 g/mol. The van der Waals surface area contributed by atoms with Crippen molar-refractivity contribution < 1.29 is 14.6 Å². The summed E-state index contributed by atoms with van der Waals surface area (Å²) in [4.78, 5) is 14.2. The average Bonchev–Trinajstić information content (AvgIpc) is 2.62. The van der Waals surface area contributed by atoms with E-state index in [1.54, 1.807) is 24.8 Å². The minimum absolute atomic E-state index is 0.114. The van der Waals surface area contributed by atoms with Crippen molar-refractivity contribution in [3.63, 3.8) is 0 Å². The summed E-state index contributed by atoms with van der Waals surface area (Å²) in [6, 6.07) is 9.55. The largest absolute Gasteiger partial charge is 0.446 e. The van der Waals surface area contributed by atoms with Gasteiger partial charge in [-0.1, -0.05) is 35.9 Å². The maximum Gasteiger partial charge on any atom is 0.410 e. The molecule has 2 atom stereocenters. The van der Waals surface area contributed by atoms with E-state index in [1.807, 2.05) is 38.1 Å². The fraction of sp³-hybridized carbons (Fsp3) is 0.476. The van der Waals surface area contributed by atoms with Crippen LogP contribution in [0.1, 0.15) is 50.9 Å². The molecule has 150 valence electrons. The van der Waals surface area contributed by atoms with Crippen molar-refractivity contribution >= 4 is 17.7 Å². The lowest BCUT2D eigenvalue weighted by Crippen LogP contribution is -2.45. The molecule has 6 nitrogen and oxygen atoms in total. The SMILES string of the molecule is Cc1nnc(-c2ccc(C(C)N3CCC(CC(C)(C)O)OC3=O)cc2)cc1Cl. The molecule has 0 aliphatic carbocycles. The number of amides is 1. The summed E-state index contributed by atoms with van der Waals surface area (Å²) in [5.41, 5.74) is 2.48. The van der Waals surface area contributed by atoms with Crippen molar-refractivity contribution in [2.75, 3.05) is 6.54 Å². The van der Waals surface area contributed by atoms with Crippen LogP contribution in [0.5, 0.6) is 0 Å². The zero-order valence-electron chi connectivity index (χ0n) is 16.6. The highest BCUT2D eigenvalue weighted by Crippen LogP contribution is 2.29. The van der Waals surface area contributed by atoms with Gasteiger partial charge in [0.05, 0.1) is 28.1 Å². The molecule has 3 rings (SSSR count). The molecule has 1 fully saturated rings. The van der Waals surface area contributed by atoms with E-state index in [0.717, 1.165) is 11.1 Å². The number of hydrogen-bond donors (Lipinski definition) is 1. The third-order valence-electron chi connectivity index (χ3n) is 4.99. The molecular formula is C21H26ClN3O3. The highest BCUT2D eigenvalue weighted by Gasteiger charge is 2.33. The molecule has 2 heterocycles. The van der Waals surface area contributed by atoms with E-state index in [4.69, 9.17) is 16.3 Å². The predicted octanol–water partition coefficient (Wildman–Crippen LogP) is 4.54. The molecule has 1 aliphatic rings. The van der Waals surface area contributed by atoms with E-state index in [-0.39, 0.29) is 18.2 Å². The van der Waals surface area contributed by atoms with Crippen LogP contribution in [-0.4, -0.2) is 44.5 Å². The number of halogens is 1. The normalized spacial score (nSPS) is 18.7. The number of nitrogens with zero attached hydrogens (tertiary/aromatic N) is 3. The fourth-order valence-electron chi connectivity index (χ4n) is 3.38. The molecule has 2 aromatic rings. The van der Waals surface area contributed by atoms with Gasteiger partial charge in [-0.3, -0.25) is 0 Å². The summed E-state index contributed by atoms with van der Waals surface area (Å²) in [7, 11) is 0. The van der Waals surface area contributed by atoms with Crippen LogP contribution in [-0.2, 0) is 4.74 Å². The van der Waals surface area contributed by atoms with E-state index in [2.05, 4.69) is 10.2 Å². The van der Waals surface area contributed by atoms with Gasteiger partial charge in [0.1, 0.15) is 6.10 Å². The van der Waals surface area contributed by atoms with Crippen molar-refractivity contribution in [1.82, 2.24) is 15.1 Å². The van der Waals surface area contributed by atoms with Gasteiger partial charge in [-0.05, 0) is 39.3 Å². The molecule has 0 saturated carbocycles. The van der Waals surface area contributed by atoms with Crippen LogP contribution < -0.4 is 0 Å². The van der Waals surface area contributed by atoms with E-state index < -0.39 is 5.60 Å². The molecule has 2 unspecified atom stereocenters. The number of cyclic esters (lactones) is 1. The first-order valence-electron chi connectivity index (χ1n) is 9.44. The van der Waals surface area contributed by atoms with Gasteiger partial charge in [-0.15, -0.1) is 0 Å². The first-order chi connectivity index (χ1) is 13.1. The summed E-state index contributed by atoms with van der Waals surface area (Å²) in [5, 5.41) is 18.8. The maximum atomic E-state index is 12.5. The molecule has 0 bridgehead atoms. The summed E-state index contributed by atoms with van der Waals surface area (Å²) in [5.74, 6) is 0. The van der Waals surface area contributed by atoms with Gasteiger partial charge < -0.3 is 14.7 Å². The molecule has 1 N–H and O–H groups in total. The summed E-state index contributed by atoms with van der Waals surface area (Å²) in [6.07, 6.45) is 0.558. The number of aryl methyl sites for hydroxylation is 1. The van der Waals surface area contributed by atoms with E-state index >= 15 is 0 Å². The third kappa shape index (κ3) is 4.80. The van der Waals surface area contributed by atoms with E-state index in [9.17, 15) is 9.90 Å². The Morgan fingerprint density at radius 2 is 2.00 bits per heavy atom. The Morgan fingerprint density at radius 1 is 1.32 bits per heavy atom. The molecule has 0 spiro atoms. The highest BCUT2D eigenvalue weighted by molar-refractivity contribution is 6.31. The van der Waals surface area contributed by atoms with Crippen molar-refractivity contribution in [2.24, 2.45) is 0 Å². The van der Waals surface area contributed by atoms with E-state index in [0.29, 0.717) is 35.8 Å². The molecule has 0 radical (unpaired) electrons. The Balaban J connectivity index is 1.68. The average molecular weight is 404 g/mol. The number of rotatable bonds is 5. The van der Waals surface area contributed by atoms with Crippen molar-refractivity contribution in [3.8, 4) is 11.3 Å². The van der Waals surface area contributed by atoms with Gasteiger partial charge in [0.15, 0.2) is 0 Å². The molecule has 1 aromatic heterocycles. The third-order valence-corrected chi connectivity index (χ3v) is 5.38. The number of benzene rings is 1. The Morgan fingerprint density at radius 3 is 2.57 bits per heavy atom. The lowest BCUT2D eigenvalue weighted by Gasteiger charge is -2.37. The number of ether oxygens (including phenoxy) is 1.